The van der Waals surface area contributed by atoms with Crippen molar-refractivity contribution in [3.8, 4) is 0 Å². The number of para-hydroxylation sites is 1. The summed E-state index contributed by atoms with van der Waals surface area (Å²) in [4.78, 5) is 9.68. The molecule has 26 heavy (non-hydrogen) atoms. The average Bonchev–Trinajstić information content (AvgIpc) is 2.92. The van der Waals surface area contributed by atoms with Gasteiger partial charge in [0.2, 0.25) is 0 Å². The zero-order chi connectivity index (χ0) is 17.8. The van der Waals surface area contributed by atoms with Gasteiger partial charge in [-0.25, -0.2) is 9.98 Å². The fourth-order valence-corrected chi connectivity index (χ4v) is 3.57. The molecular weight excluding hydrogens is 340 g/mol. The molecule has 0 bridgehead atoms. The smallest absolute Gasteiger partial charge is 0.195 e. The molecule has 2 aromatic carbocycles. The van der Waals surface area contributed by atoms with E-state index in [-0.39, 0.29) is 0 Å². The summed E-state index contributed by atoms with van der Waals surface area (Å²) >= 11 is 5.53. The van der Waals surface area contributed by atoms with E-state index < -0.39 is 0 Å². The summed E-state index contributed by atoms with van der Waals surface area (Å²) < 4.78 is 2.26. The van der Waals surface area contributed by atoms with Crippen LogP contribution in [0.3, 0.4) is 0 Å². The number of aryl methyl sites for hydroxylation is 1. The third-order valence-corrected chi connectivity index (χ3v) is 4.97. The van der Waals surface area contributed by atoms with Crippen LogP contribution in [0, 0.1) is 0 Å². The molecule has 4 rings (SSSR count). The number of benzene rings is 2. The van der Waals surface area contributed by atoms with E-state index in [1.165, 1.54) is 18.4 Å². The maximum Gasteiger partial charge on any atom is 0.195 e. The van der Waals surface area contributed by atoms with Gasteiger partial charge in [-0.1, -0.05) is 48.9 Å². The van der Waals surface area contributed by atoms with Gasteiger partial charge in [0.05, 0.1) is 5.52 Å². The van der Waals surface area contributed by atoms with Gasteiger partial charge >= 0.3 is 0 Å². The van der Waals surface area contributed by atoms with Crippen molar-refractivity contribution in [1.82, 2.24) is 14.9 Å². The fraction of sp³-hybridized carbons (Fsp3) is 0.286. The Morgan fingerprint density at radius 1 is 1.04 bits per heavy atom. The van der Waals surface area contributed by atoms with Crippen LogP contribution in [0.4, 0.5) is 0 Å². The first kappa shape index (κ1) is 16.9. The van der Waals surface area contributed by atoms with Gasteiger partial charge in [-0.2, -0.15) is 0 Å². The Bertz CT molecular complexity index is 992. The van der Waals surface area contributed by atoms with Crippen LogP contribution in [0.5, 0.6) is 0 Å². The minimum Gasteiger partial charge on any atom is -0.357 e. The lowest BCUT2D eigenvalue weighted by Crippen LogP contribution is -2.30. The predicted molar refractivity (Wildman–Crippen MR) is 109 cm³/mol. The summed E-state index contributed by atoms with van der Waals surface area (Å²) in [5, 5.41) is 4.84. The number of hydrogen-bond donors (Lipinski definition) is 1. The summed E-state index contributed by atoms with van der Waals surface area (Å²) in [6.45, 7) is 1.63. The normalized spacial score (nSPS) is 14.7. The van der Waals surface area contributed by atoms with Crippen LogP contribution < -0.4 is 10.8 Å². The highest BCUT2D eigenvalue weighted by Crippen LogP contribution is 2.14. The second-order valence-corrected chi connectivity index (χ2v) is 6.97. The topological polar surface area (TPSA) is 42.2 Å². The number of hydrogen-bond acceptors (Lipinski definition) is 2. The van der Waals surface area contributed by atoms with E-state index in [4.69, 9.17) is 22.2 Å². The molecule has 132 valence electrons. The molecular formula is C21H22N4S. The first-order chi connectivity index (χ1) is 12.8. The number of nitrogens with zero attached hydrogens (tertiary/aromatic N) is 3. The average molecular weight is 363 g/mol. The Morgan fingerprint density at radius 2 is 1.85 bits per heavy atom. The molecule has 0 spiro atoms. The molecule has 1 aromatic heterocycles. The molecule has 1 N–H and O–H groups in total. The molecule has 1 aliphatic heterocycles. The SMILES string of the molecule is S=C(N=c1c2ccccc2nc2n1CCCCC2)NCc1ccccc1. The number of fused-ring (bicyclic) bond motifs is 2. The molecule has 0 saturated carbocycles. The molecule has 0 fully saturated rings. The Kier molecular flexibility index (Phi) is 5.07. The van der Waals surface area contributed by atoms with E-state index in [1.807, 2.05) is 30.3 Å². The van der Waals surface area contributed by atoms with Gasteiger partial charge in [0.1, 0.15) is 11.3 Å². The van der Waals surface area contributed by atoms with Crippen LogP contribution in [0.25, 0.3) is 10.9 Å². The van der Waals surface area contributed by atoms with Crippen molar-refractivity contribution in [3.63, 3.8) is 0 Å². The molecule has 0 aliphatic carbocycles. The number of aromatic nitrogens is 2. The molecule has 0 saturated heterocycles. The van der Waals surface area contributed by atoms with Crippen molar-refractivity contribution in [1.29, 1.82) is 0 Å². The Balaban J connectivity index is 1.73. The van der Waals surface area contributed by atoms with E-state index >= 15 is 0 Å². The van der Waals surface area contributed by atoms with Gasteiger partial charge in [0, 0.05) is 24.9 Å². The summed E-state index contributed by atoms with van der Waals surface area (Å²) in [6.07, 6.45) is 4.57. The standard InChI is InChI=1S/C21H22N4S/c26-21(22-15-16-9-3-1-4-10-16)24-20-17-11-6-7-12-18(17)23-19-13-5-2-8-14-25(19)20/h1,3-4,6-7,9-12H,2,5,8,13-15H2,(H,22,26). The van der Waals surface area contributed by atoms with Crippen molar-refractivity contribution in [2.45, 2.75) is 38.8 Å². The number of rotatable bonds is 2. The number of thiocarbonyl (C=S) groups is 1. The van der Waals surface area contributed by atoms with Crippen LogP contribution in [0.1, 0.15) is 30.7 Å². The third kappa shape index (κ3) is 3.68. The van der Waals surface area contributed by atoms with Gasteiger partial charge in [-0.05, 0) is 42.8 Å². The van der Waals surface area contributed by atoms with Gasteiger partial charge in [0.25, 0.3) is 0 Å². The van der Waals surface area contributed by atoms with Gasteiger partial charge in [-0.15, -0.1) is 0 Å². The molecule has 0 radical (unpaired) electrons. The molecule has 0 amide bonds. The van der Waals surface area contributed by atoms with Crippen molar-refractivity contribution < 1.29 is 0 Å². The Labute approximate surface area is 158 Å². The molecule has 5 heteroatoms. The fourth-order valence-electron chi connectivity index (χ4n) is 3.41. The molecule has 4 nitrogen and oxygen atoms in total. The van der Waals surface area contributed by atoms with E-state index in [9.17, 15) is 0 Å². The van der Waals surface area contributed by atoms with Crippen LogP contribution in [0.2, 0.25) is 0 Å². The van der Waals surface area contributed by atoms with Gasteiger partial charge < -0.3 is 9.88 Å². The Morgan fingerprint density at radius 3 is 2.73 bits per heavy atom. The Hall–Kier alpha value is -2.53. The molecule has 3 aromatic rings. The number of nitrogens with one attached hydrogen (secondary N) is 1. The zero-order valence-electron chi connectivity index (χ0n) is 14.7. The molecule has 0 unspecified atom stereocenters. The first-order valence-electron chi connectivity index (χ1n) is 9.16. The summed E-state index contributed by atoms with van der Waals surface area (Å²) in [5.41, 5.74) is 3.11. The van der Waals surface area contributed by atoms with E-state index in [2.05, 4.69) is 34.1 Å². The highest BCUT2D eigenvalue weighted by molar-refractivity contribution is 7.80. The lowest BCUT2D eigenvalue weighted by molar-refractivity contribution is 0.608. The summed E-state index contributed by atoms with van der Waals surface area (Å²) in [7, 11) is 0. The monoisotopic (exact) mass is 362 g/mol. The minimum atomic E-state index is 0.518. The quantitative estimate of drug-likeness (QED) is 0.706. The van der Waals surface area contributed by atoms with Crippen molar-refractivity contribution in [3.05, 3.63) is 71.5 Å². The highest BCUT2D eigenvalue weighted by Gasteiger charge is 2.12. The predicted octanol–water partition coefficient (Wildman–Crippen LogP) is 3.74. The van der Waals surface area contributed by atoms with Crippen molar-refractivity contribution in [2.24, 2.45) is 4.99 Å². The minimum absolute atomic E-state index is 0.518. The van der Waals surface area contributed by atoms with Crippen LogP contribution in [-0.4, -0.2) is 14.7 Å². The largest absolute Gasteiger partial charge is 0.357 e. The van der Waals surface area contributed by atoms with E-state index in [0.717, 1.165) is 41.6 Å². The first-order valence-corrected chi connectivity index (χ1v) is 9.57. The maximum atomic E-state index is 5.53. The lowest BCUT2D eigenvalue weighted by atomic mass is 10.2. The van der Waals surface area contributed by atoms with Gasteiger partial charge in [-0.3, -0.25) is 0 Å². The summed E-state index contributed by atoms with van der Waals surface area (Å²) in [5.74, 6) is 1.12. The van der Waals surface area contributed by atoms with E-state index in [0.29, 0.717) is 11.7 Å². The molecule has 1 aliphatic rings. The summed E-state index contributed by atoms with van der Waals surface area (Å²) in [6, 6.07) is 18.4. The second kappa shape index (κ2) is 7.79. The molecule has 2 heterocycles. The molecule has 0 atom stereocenters. The third-order valence-electron chi connectivity index (χ3n) is 4.74. The van der Waals surface area contributed by atoms with Crippen LogP contribution >= 0.6 is 12.2 Å². The van der Waals surface area contributed by atoms with Gasteiger partial charge in [0.15, 0.2) is 5.11 Å². The highest BCUT2D eigenvalue weighted by atomic mass is 32.1. The van der Waals surface area contributed by atoms with Crippen LogP contribution in [-0.2, 0) is 19.5 Å². The van der Waals surface area contributed by atoms with Crippen LogP contribution in [0.15, 0.2) is 59.6 Å². The lowest BCUT2D eigenvalue weighted by Gasteiger charge is -2.13. The van der Waals surface area contributed by atoms with Crippen molar-refractivity contribution in [2.75, 3.05) is 0 Å². The zero-order valence-corrected chi connectivity index (χ0v) is 15.5. The van der Waals surface area contributed by atoms with E-state index in [1.54, 1.807) is 0 Å². The second-order valence-electron chi connectivity index (χ2n) is 6.59. The maximum absolute atomic E-state index is 5.53. The van der Waals surface area contributed by atoms with Crippen molar-refractivity contribution >= 4 is 28.2 Å².